The molecular formula is C23H30F5N3O2S. The van der Waals surface area contributed by atoms with Gasteiger partial charge in [0.15, 0.2) is 10.7 Å². The highest BCUT2D eigenvalue weighted by Gasteiger charge is 2.30. The number of carbonyl (C=O) groups excluding carboxylic acids is 1. The van der Waals surface area contributed by atoms with Crippen molar-refractivity contribution in [3.05, 3.63) is 39.0 Å². The molecule has 0 saturated carbocycles. The molecule has 0 radical (unpaired) electrons. The maximum atomic E-state index is 14.0. The molecule has 0 aliphatic rings. The Morgan fingerprint density at radius 3 is 2.03 bits per heavy atom. The summed E-state index contributed by atoms with van der Waals surface area (Å²) in [6, 6.07) is 0. The summed E-state index contributed by atoms with van der Waals surface area (Å²) in [5.41, 5.74) is 0. The highest BCUT2D eigenvalue weighted by molar-refractivity contribution is 7.14. The van der Waals surface area contributed by atoms with E-state index in [1.54, 1.807) is 0 Å². The number of hydrogen-bond donors (Lipinski definition) is 2. The van der Waals surface area contributed by atoms with Crippen LogP contribution in [0.5, 0.6) is 5.75 Å². The zero-order valence-corrected chi connectivity index (χ0v) is 20.2. The van der Waals surface area contributed by atoms with Crippen molar-refractivity contribution in [2.24, 2.45) is 0 Å². The van der Waals surface area contributed by atoms with Gasteiger partial charge in [0, 0.05) is 13.1 Å². The predicted molar refractivity (Wildman–Crippen MR) is 122 cm³/mol. The zero-order chi connectivity index (χ0) is 25.1. The quantitative estimate of drug-likeness (QED) is 0.0700. The van der Waals surface area contributed by atoms with Gasteiger partial charge in [0.1, 0.15) is 5.01 Å². The molecule has 2 N–H and O–H groups in total. The van der Waals surface area contributed by atoms with Gasteiger partial charge >= 0.3 is 5.97 Å². The molecule has 1 heterocycles. The van der Waals surface area contributed by atoms with Crippen LogP contribution in [-0.2, 0) is 6.54 Å². The van der Waals surface area contributed by atoms with Crippen LogP contribution in [0.3, 0.4) is 0 Å². The Balaban J connectivity index is 2.17. The van der Waals surface area contributed by atoms with Crippen LogP contribution in [0.1, 0.15) is 79.9 Å². The van der Waals surface area contributed by atoms with Crippen LogP contribution >= 0.6 is 11.3 Å². The Morgan fingerprint density at radius 1 is 0.824 bits per heavy atom. The first-order chi connectivity index (χ1) is 16.3. The third-order valence-corrected chi connectivity index (χ3v) is 6.06. The lowest BCUT2D eigenvalue weighted by Crippen LogP contribution is -2.15. The average Bonchev–Trinajstić information content (AvgIpc) is 3.24. The van der Waals surface area contributed by atoms with E-state index in [1.165, 1.54) is 0 Å². The van der Waals surface area contributed by atoms with E-state index in [9.17, 15) is 26.7 Å². The van der Waals surface area contributed by atoms with Crippen LogP contribution in [0.25, 0.3) is 0 Å². The molecule has 0 aliphatic carbocycles. The van der Waals surface area contributed by atoms with Gasteiger partial charge < -0.3 is 15.4 Å². The lowest BCUT2D eigenvalue weighted by Gasteiger charge is -2.09. The van der Waals surface area contributed by atoms with Gasteiger partial charge in [-0.3, -0.25) is 0 Å². The summed E-state index contributed by atoms with van der Waals surface area (Å²) < 4.78 is 72.8. The molecule has 190 valence electrons. The number of nitrogens with one attached hydrogen (secondary N) is 2. The number of aromatic nitrogens is 1. The standard InChI is InChI=1S/C23H30F5N3O2S/c1-3-5-7-8-10-12-30-22-21(34-14(31-22)13-29-11-9-6-4-2)23(32)33-20-18(27)16(25)15(24)17(26)19(20)28/h29-30H,3-13H2,1-2H3. The van der Waals surface area contributed by atoms with Gasteiger partial charge in [0.2, 0.25) is 34.8 Å². The highest BCUT2D eigenvalue weighted by Crippen LogP contribution is 2.31. The Hall–Kier alpha value is -2.27. The molecule has 11 heteroatoms. The van der Waals surface area contributed by atoms with Crippen molar-refractivity contribution in [2.75, 3.05) is 18.4 Å². The number of thiazole rings is 1. The highest BCUT2D eigenvalue weighted by atomic mass is 32.1. The number of ether oxygens (including phenoxy) is 1. The minimum Gasteiger partial charge on any atom is -0.416 e. The second-order valence-electron chi connectivity index (χ2n) is 7.80. The lowest BCUT2D eigenvalue weighted by atomic mass is 10.1. The van der Waals surface area contributed by atoms with Crippen LogP contribution in [0, 0.1) is 29.1 Å². The molecule has 0 saturated heterocycles. The van der Waals surface area contributed by atoms with Crippen molar-refractivity contribution in [2.45, 2.75) is 71.8 Å². The van der Waals surface area contributed by atoms with Gasteiger partial charge in [-0.25, -0.2) is 22.9 Å². The summed E-state index contributed by atoms with van der Waals surface area (Å²) in [6.45, 7) is 5.80. The van der Waals surface area contributed by atoms with E-state index in [-0.39, 0.29) is 10.7 Å². The maximum Gasteiger partial charge on any atom is 0.357 e. The fraction of sp³-hybridized carbons (Fsp3) is 0.565. The summed E-state index contributed by atoms with van der Waals surface area (Å²) in [4.78, 5) is 16.9. The molecule has 1 aromatic carbocycles. The van der Waals surface area contributed by atoms with E-state index in [2.05, 4.69) is 34.2 Å². The van der Waals surface area contributed by atoms with Gasteiger partial charge in [-0.1, -0.05) is 52.4 Å². The third kappa shape index (κ3) is 7.63. The molecule has 34 heavy (non-hydrogen) atoms. The van der Waals surface area contributed by atoms with E-state index in [4.69, 9.17) is 0 Å². The van der Waals surface area contributed by atoms with Gasteiger partial charge in [0.25, 0.3) is 0 Å². The van der Waals surface area contributed by atoms with Crippen molar-refractivity contribution in [1.82, 2.24) is 10.3 Å². The maximum absolute atomic E-state index is 14.0. The van der Waals surface area contributed by atoms with Crippen molar-refractivity contribution in [3.8, 4) is 5.75 Å². The molecule has 0 fully saturated rings. The van der Waals surface area contributed by atoms with E-state index in [1.807, 2.05) is 0 Å². The Morgan fingerprint density at radius 2 is 1.38 bits per heavy atom. The average molecular weight is 508 g/mol. The zero-order valence-electron chi connectivity index (χ0n) is 19.3. The molecule has 5 nitrogen and oxygen atoms in total. The Bertz CT molecular complexity index is 926. The minimum atomic E-state index is -2.32. The summed E-state index contributed by atoms with van der Waals surface area (Å²) in [7, 11) is 0. The molecule has 1 aromatic heterocycles. The molecule has 0 aliphatic heterocycles. The van der Waals surface area contributed by atoms with Crippen LogP contribution in [-0.4, -0.2) is 24.0 Å². The van der Waals surface area contributed by atoms with Crippen LogP contribution < -0.4 is 15.4 Å². The third-order valence-electron chi connectivity index (χ3n) is 5.03. The van der Waals surface area contributed by atoms with Gasteiger partial charge in [-0.05, 0) is 19.4 Å². The van der Waals surface area contributed by atoms with Crippen molar-refractivity contribution < 1.29 is 31.5 Å². The molecule has 0 bridgehead atoms. The molecule has 0 amide bonds. The Kier molecular flexibility index (Phi) is 11.7. The molecule has 0 atom stereocenters. The topological polar surface area (TPSA) is 63.2 Å². The number of benzene rings is 1. The second-order valence-corrected chi connectivity index (χ2v) is 8.88. The van der Waals surface area contributed by atoms with Gasteiger partial charge in [0.05, 0.1) is 0 Å². The van der Waals surface area contributed by atoms with E-state index < -0.39 is 40.8 Å². The summed E-state index contributed by atoms with van der Waals surface area (Å²) in [5.74, 6) is -13.9. The summed E-state index contributed by atoms with van der Waals surface area (Å²) in [5, 5.41) is 6.75. The summed E-state index contributed by atoms with van der Waals surface area (Å²) in [6.07, 6.45) is 8.17. The largest absolute Gasteiger partial charge is 0.416 e. The van der Waals surface area contributed by atoms with Crippen LogP contribution in [0.15, 0.2) is 0 Å². The monoisotopic (exact) mass is 507 g/mol. The smallest absolute Gasteiger partial charge is 0.357 e. The summed E-state index contributed by atoms with van der Waals surface area (Å²) >= 11 is 0.929. The minimum absolute atomic E-state index is 0.108. The molecule has 0 unspecified atom stereocenters. The number of rotatable bonds is 15. The fourth-order valence-electron chi connectivity index (χ4n) is 3.14. The first kappa shape index (κ1) is 28.0. The normalized spacial score (nSPS) is 11.1. The lowest BCUT2D eigenvalue weighted by molar-refractivity contribution is 0.0722. The molecule has 2 rings (SSSR count). The number of carbonyl (C=O) groups is 1. The van der Waals surface area contributed by atoms with Crippen LogP contribution in [0.2, 0.25) is 0 Å². The number of nitrogens with zero attached hydrogens (tertiary/aromatic N) is 1. The number of esters is 1. The van der Waals surface area contributed by atoms with Crippen molar-refractivity contribution >= 4 is 23.1 Å². The Labute approximate surface area is 200 Å². The second kappa shape index (κ2) is 14.2. The first-order valence-corrected chi connectivity index (χ1v) is 12.3. The first-order valence-electron chi connectivity index (χ1n) is 11.5. The molecule has 0 spiro atoms. The number of hydrogen-bond acceptors (Lipinski definition) is 6. The SMILES string of the molecule is CCCCCCCNc1nc(CNCCCCC)sc1C(=O)Oc1c(F)c(F)c(F)c(F)c1F. The van der Waals surface area contributed by atoms with Crippen molar-refractivity contribution in [1.29, 1.82) is 0 Å². The van der Waals surface area contributed by atoms with Gasteiger partial charge in [-0.15, -0.1) is 11.3 Å². The van der Waals surface area contributed by atoms with Gasteiger partial charge in [-0.2, -0.15) is 8.78 Å². The number of unbranched alkanes of at least 4 members (excludes halogenated alkanes) is 6. The van der Waals surface area contributed by atoms with E-state index in [0.29, 0.717) is 18.1 Å². The number of anilines is 1. The van der Waals surface area contributed by atoms with E-state index in [0.717, 1.165) is 69.2 Å². The van der Waals surface area contributed by atoms with Crippen molar-refractivity contribution in [3.63, 3.8) is 0 Å². The number of halogens is 5. The molecular weight excluding hydrogens is 477 g/mol. The predicted octanol–water partition coefficient (Wildman–Crippen LogP) is 6.72. The van der Waals surface area contributed by atoms with Crippen LogP contribution in [0.4, 0.5) is 27.8 Å². The molecule has 2 aromatic rings. The van der Waals surface area contributed by atoms with E-state index >= 15 is 0 Å². The fourth-order valence-corrected chi connectivity index (χ4v) is 4.03.